The summed E-state index contributed by atoms with van der Waals surface area (Å²) in [5.41, 5.74) is -0.818. The van der Waals surface area contributed by atoms with Crippen molar-refractivity contribution in [3.8, 4) is 0 Å². The molecule has 22 heavy (non-hydrogen) atoms. The van der Waals surface area contributed by atoms with Gasteiger partial charge in [-0.15, -0.1) is 0 Å². The highest BCUT2D eigenvalue weighted by Crippen LogP contribution is 2.22. The van der Waals surface area contributed by atoms with Crippen LogP contribution in [0.2, 0.25) is 0 Å². The van der Waals surface area contributed by atoms with E-state index in [9.17, 15) is 25.0 Å². The SMILES string of the molecule is O=C(Nc1ncccc1[N+](=O)[O-])Nc1ncccc1[N+](=O)[O-]. The largest absolute Gasteiger partial charge is 0.326 e. The minimum absolute atomic E-state index is 0.288. The van der Waals surface area contributed by atoms with Gasteiger partial charge in [0.25, 0.3) is 0 Å². The molecule has 2 heterocycles. The van der Waals surface area contributed by atoms with Crippen LogP contribution in [-0.4, -0.2) is 25.8 Å². The second-order valence-corrected chi connectivity index (χ2v) is 3.84. The van der Waals surface area contributed by atoms with Crippen molar-refractivity contribution in [1.82, 2.24) is 9.97 Å². The summed E-state index contributed by atoms with van der Waals surface area (Å²) in [5.74, 6) is -0.577. The van der Waals surface area contributed by atoms with Gasteiger partial charge in [0.05, 0.1) is 9.85 Å². The summed E-state index contributed by atoms with van der Waals surface area (Å²) in [6, 6.07) is 4.05. The molecule has 0 spiro atoms. The molecule has 0 aliphatic rings. The molecule has 0 unspecified atom stereocenters. The molecule has 2 N–H and O–H groups in total. The number of nitrogens with one attached hydrogen (secondary N) is 2. The monoisotopic (exact) mass is 304 g/mol. The minimum atomic E-state index is -0.941. The molecular weight excluding hydrogens is 296 g/mol. The molecule has 2 rings (SSSR count). The first-order valence-corrected chi connectivity index (χ1v) is 5.76. The highest BCUT2D eigenvalue weighted by Gasteiger charge is 2.20. The smallest absolute Gasteiger partial charge is 0.286 e. The second kappa shape index (κ2) is 6.21. The maximum Gasteiger partial charge on any atom is 0.326 e. The van der Waals surface area contributed by atoms with E-state index >= 15 is 0 Å². The van der Waals surface area contributed by atoms with Gasteiger partial charge in [-0.2, -0.15) is 0 Å². The summed E-state index contributed by atoms with van der Waals surface area (Å²) in [6.07, 6.45) is 2.51. The first-order valence-electron chi connectivity index (χ1n) is 5.76. The number of hydrogen-bond acceptors (Lipinski definition) is 7. The van der Waals surface area contributed by atoms with Crippen molar-refractivity contribution >= 4 is 29.0 Å². The summed E-state index contributed by atoms with van der Waals surface area (Å²) in [6.45, 7) is 0. The molecule has 0 aliphatic carbocycles. The Balaban J connectivity index is 2.18. The number of pyridine rings is 2. The van der Waals surface area contributed by atoms with Crippen LogP contribution in [0.4, 0.5) is 27.8 Å². The van der Waals surface area contributed by atoms with E-state index in [0.29, 0.717) is 0 Å². The fraction of sp³-hybridized carbons (Fsp3) is 0. The van der Waals surface area contributed by atoms with Gasteiger partial charge < -0.3 is 0 Å². The minimum Gasteiger partial charge on any atom is -0.286 e. The average molecular weight is 304 g/mol. The normalized spacial score (nSPS) is 9.82. The molecule has 0 radical (unpaired) electrons. The molecule has 0 bridgehead atoms. The predicted molar refractivity (Wildman–Crippen MR) is 74.4 cm³/mol. The van der Waals surface area contributed by atoms with Crippen LogP contribution in [0.5, 0.6) is 0 Å². The molecule has 0 fully saturated rings. The third-order valence-corrected chi connectivity index (χ3v) is 2.43. The lowest BCUT2D eigenvalue weighted by Crippen LogP contribution is -2.22. The molecule has 2 aromatic heterocycles. The molecule has 11 nitrogen and oxygen atoms in total. The van der Waals surface area contributed by atoms with Gasteiger partial charge in [0.1, 0.15) is 0 Å². The van der Waals surface area contributed by atoms with E-state index in [1.54, 1.807) is 0 Å². The molecule has 11 heteroatoms. The van der Waals surface area contributed by atoms with Crippen molar-refractivity contribution in [2.24, 2.45) is 0 Å². The van der Waals surface area contributed by atoms with Crippen molar-refractivity contribution in [1.29, 1.82) is 0 Å². The summed E-state index contributed by atoms with van der Waals surface area (Å²) in [7, 11) is 0. The number of rotatable bonds is 4. The third kappa shape index (κ3) is 3.27. The fourth-order valence-corrected chi connectivity index (χ4v) is 1.53. The van der Waals surface area contributed by atoms with Crippen molar-refractivity contribution in [3.05, 3.63) is 56.9 Å². The molecule has 0 atom stereocenters. The standard InChI is InChI=1S/C11H8N6O5/c18-11(14-9-7(16(19)20)3-1-5-12-9)15-10-8(17(21)22)4-2-6-13-10/h1-6H,(H2,12,13,14,15,18). The Bertz CT molecular complexity index is 688. The van der Waals surface area contributed by atoms with Crippen LogP contribution in [-0.2, 0) is 0 Å². The Kier molecular flexibility index (Phi) is 4.17. The Morgan fingerprint density at radius 3 is 1.68 bits per heavy atom. The van der Waals surface area contributed by atoms with Gasteiger partial charge in [0, 0.05) is 24.5 Å². The lowest BCUT2D eigenvalue weighted by atomic mass is 10.4. The van der Waals surface area contributed by atoms with E-state index in [4.69, 9.17) is 0 Å². The maximum absolute atomic E-state index is 11.8. The molecule has 2 aromatic rings. The van der Waals surface area contributed by atoms with E-state index in [-0.39, 0.29) is 11.6 Å². The van der Waals surface area contributed by atoms with E-state index < -0.39 is 27.3 Å². The number of aromatic nitrogens is 2. The highest BCUT2D eigenvalue weighted by atomic mass is 16.6. The maximum atomic E-state index is 11.8. The molecule has 0 saturated carbocycles. The summed E-state index contributed by atoms with van der Waals surface area (Å²) >= 11 is 0. The molecule has 0 aromatic carbocycles. The van der Waals surface area contributed by atoms with Gasteiger partial charge in [-0.25, -0.2) is 14.8 Å². The van der Waals surface area contributed by atoms with Gasteiger partial charge in [-0.05, 0) is 12.1 Å². The molecular formula is C11H8N6O5. The van der Waals surface area contributed by atoms with E-state index in [1.165, 1.54) is 24.5 Å². The van der Waals surface area contributed by atoms with Crippen LogP contribution in [0, 0.1) is 20.2 Å². The number of nitro groups is 2. The number of carbonyl (C=O) groups is 1. The third-order valence-electron chi connectivity index (χ3n) is 2.43. The van der Waals surface area contributed by atoms with Crippen molar-refractivity contribution in [3.63, 3.8) is 0 Å². The van der Waals surface area contributed by atoms with Crippen LogP contribution in [0.15, 0.2) is 36.7 Å². The predicted octanol–water partition coefficient (Wildman–Crippen LogP) is 1.94. The average Bonchev–Trinajstić information content (AvgIpc) is 2.47. The lowest BCUT2D eigenvalue weighted by molar-refractivity contribution is -0.384. The molecule has 112 valence electrons. The molecule has 2 amide bonds. The zero-order valence-corrected chi connectivity index (χ0v) is 10.8. The van der Waals surface area contributed by atoms with E-state index in [1.807, 2.05) is 0 Å². The van der Waals surface area contributed by atoms with Gasteiger partial charge in [-0.3, -0.25) is 30.9 Å². The number of carbonyl (C=O) groups excluding carboxylic acids is 1. The van der Waals surface area contributed by atoms with Gasteiger partial charge in [-0.1, -0.05) is 0 Å². The van der Waals surface area contributed by atoms with E-state index in [2.05, 4.69) is 20.6 Å². The van der Waals surface area contributed by atoms with E-state index in [0.717, 1.165) is 12.1 Å². The lowest BCUT2D eigenvalue weighted by Gasteiger charge is -2.06. The Morgan fingerprint density at radius 1 is 0.909 bits per heavy atom. The fourth-order valence-electron chi connectivity index (χ4n) is 1.53. The zero-order valence-electron chi connectivity index (χ0n) is 10.8. The number of nitrogens with zero attached hydrogens (tertiary/aromatic N) is 4. The summed E-state index contributed by atoms with van der Waals surface area (Å²) in [4.78, 5) is 39.3. The molecule has 0 saturated heterocycles. The topological polar surface area (TPSA) is 153 Å². The van der Waals surface area contributed by atoms with Crippen LogP contribution >= 0.6 is 0 Å². The highest BCUT2D eigenvalue weighted by molar-refractivity contribution is 6.00. The first-order chi connectivity index (χ1) is 10.5. The van der Waals surface area contributed by atoms with Crippen LogP contribution in [0.25, 0.3) is 0 Å². The first kappa shape index (κ1) is 14.8. The Morgan fingerprint density at radius 2 is 1.32 bits per heavy atom. The zero-order chi connectivity index (χ0) is 16.1. The number of hydrogen-bond donors (Lipinski definition) is 2. The van der Waals surface area contributed by atoms with Crippen LogP contribution < -0.4 is 10.6 Å². The van der Waals surface area contributed by atoms with Crippen molar-refractivity contribution in [2.75, 3.05) is 10.6 Å². The van der Waals surface area contributed by atoms with Crippen LogP contribution in [0.3, 0.4) is 0 Å². The quantitative estimate of drug-likeness (QED) is 0.646. The molecule has 0 aliphatic heterocycles. The van der Waals surface area contributed by atoms with Gasteiger partial charge >= 0.3 is 17.4 Å². The Hall–Kier alpha value is -3.63. The summed E-state index contributed by atoms with van der Waals surface area (Å²) < 4.78 is 0. The van der Waals surface area contributed by atoms with Crippen molar-refractivity contribution < 1.29 is 14.6 Å². The second-order valence-electron chi connectivity index (χ2n) is 3.84. The Labute approximate surface area is 122 Å². The van der Waals surface area contributed by atoms with Crippen molar-refractivity contribution in [2.45, 2.75) is 0 Å². The van der Waals surface area contributed by atoms with Crippen LogP contribution in [0.1, 0.15) is 0 Å². The number of anilines is 2. The van der Waals surface area contributed by atoms with Gasteiger partial charge in [0.2, 0.25) is 11.6 Å². The van der Waals surface area contributed by atoms with Gasteiger partial charge in [0.15, 0.2) is 0 Å². The number of amides is 2. The summed E-state index contributed by atoms with van der Waals surface area (Å²) in [5, 5.41) is 25.9. The number of urea groups is 1.